The van der Waals surface area contributed by atoms with Gasteiger partial charge in [0, 0.05) is 25.2 Å². The molecule has 3 rings (SSSR count). The molecule has 22 heavy (non-hydrogen) atoms. The second-order valence-corrected chi connectivity index (χ2v) is 8.25. The first kappa shape index (κ1) is 16.1. The van der Waals surface area contributed by atoms with Gasteiger partial charge in [0.2, 0.25) is 0 Å². The molecular weight excluding hydrogens is 280 g/mol. The summed E-state index contributed by atoms with van der Waals surface area (Å²) in [5.41, 5.74) is -0.415. The normalized spacial score (nSPS) is 35.9. The van der Waals surface area contributed by atoms with Crippen LogP contribution >= 0.6 is 0 Å². The number of likely N-dealkylation sites (tertiary alicyclic amines) is 2. The Morgan fingerprint density at radius 3 is 2.41 bits per heavy atom. The van der Waals surface area contributed by atoms with Crippen LogP contribution in [0.4, 0.5) is 4.79 Å². The van der Waals surface area contributed by atoms with Gasteiger partial charge in [-0.3, -0.25) is 4.90 Å². The Morgan fingerprint density at radius 1 is 1.23 bits per heavy atom. The van der Waals surface area contributed by atoms with E-state index in [-0.39, 0.29) is 12.7 Å². The third kappa shape index (κ3) is 3.25. The molecule has 0 aromatic carbocycles. The van der Waals surface area contributed by atoms with Crippen LogP contribution in [0.25, 0.3) is 0 Å². The third-order valence-electron chi connectivity index (χ3n) is 5.48. The molecule has 0 aromatic heterocycles. The van der Waals surface area contributed by atoms with Gasteiger partial charge in [0.05, 0.1) is 6.61 Å². The Labute approximate surface area is 133 Å². The van der Waals surface area contributed by atoms with E-state index in [0.29, 0.717) is 23.9 Å². The largest absolute Gasteiger partial charge is 0.444 e. The lowest BCUT2D eigenvalue weighted by Crippen LogP contribution is -2.41. The summed E-state index contributed by atoms with van der Waals surface area (Å²) in [7, 11) is 0. The quantitative estimate of drug-likeness (QED) is 0.848. The van der Waals surface area contributed by atoms with Crippen molar-refractivity contribution in [1.82, 2.24) is 9.80 Å². The zero-order valence-corrected chi connectivity index (χ0v) is 14.1. The van der Waals surface area contributed by atoms with Crippen LogP contribution in [0.1, 0.15) is 46.5 Å². The predicted molar refractivity (Wildman–Crippen MR) is 84.6 cm³/mol. The highest BCUT2D eigenvalue weighted by Crippen LogP contribution is 2.42. The van der Waals surface area contributed by atoms with Gasteiger partial charge < -0.3 is 14.7 Å². The van der Waals surface area contributed by atoms with Gasteiger partial charge in [0.25, 0.3) is 0 Å². The maximum atomic E-state index is 12.2. The van der Waals surface area contributed by atoms with Crippen molar-refractivity contribution in [2.75, 3.05) is 26.2 Å². The zero-order chi connectivity index (χ0) is 15.9. The van der Waals surface area contributed by atoms with Crippen molar-refractivity contribution in [1.29, 1.82) is 0 Å². The molecule has 1 aliphatic carbocycles. The van der Waals surface area contributed by atoms with E-state index in [1.165, 1.54) is 19.3 Å². The topological polar surface area (TPSA) is 53.0 Å². The Morgan fingerprint density at radius 2 is 1.86 bits per heavy atom. The molecule has 4 atom stereocenters. The van der Waals surface area contributed by atoms with E-state index in [2.05, 4.69) is 4.90 Å². The number of aliphatic hydroxyl groups excluding tert-OH is 1. The third-order valence-corrected chi connectivity index (χ3v) is 5.48. The van der Waals surface area contributed by atoms with Gasteiger partial charge in [0.15, 0.2) is 0 Å². The number of carbonyl (C=O) groups excluding carboxylic acids is 1. The molecule has 0 aromatic rings. The monoisotopic (exact) mass is 310 g/mol. The number of ether oxygens (including phenoxy) is 1. The van der Waals surface area contributed by atoms with Crippen LogP contribution in [0.2, 0.25) is 0 Å². The number of carbonyl (C=O) groups is 1. The predicted octanol–water partition coefficient (Wildman–Crippen LogP) is 2.09. The molecule has 3 fully saturated rings. The number of nitrogens with zero attached hydrogens (tertiary/aromatic N) is 2. The fourth-order valence-electron chi connectivity index (χ4n) is 4.55. The van der Waals surface area contributed by atoms with Gasteiger partial charge in [-0.15, -0.1) is 0 Å². The summed E-state index contributed by atoms with van der Waals surface area (Å²) in [6.45, 7) is 8.85. The van der Waals surface area contributed by atoms with Crippen LogP contribution in [0.3, 0.4) is 0 Å². The van der Waals surface area contributed by atoms with Gasteiger partial charge in [-0.1, -0.05) is 0 Å². The number of fused-ring (bicyclic) bond motifs is 1. The van der Waals surface area contributed by atoms with Crippen molar-refractivity contribution in [3.63, 3.8) is 0 Å². The number of hydrogen-bond acceptors (Lipinski definition) is 4. The average molecular weight is 310 g/mol. The van der Waals surface area contributed by atoms with Crippen molar-refractivity contribution < 1.29 is 14.6 Å². The molecule has 1 N–H and O–H groups in total. The molecular formula is C17H30N2O3. The highest BCUT2D eigenvalue weighted by Gasteiger charge is 2.46. The fourth-order valence-corrected chi connectivity index (χ4v) is 4.55. The van der Waals surface area contributed by atoms with Crippen LogP contribution in [-0.4, -0.2) is 64.9 Å². The van der Waals surface area contributed by atoms with E-state index in [9.17, 15) is 9.90 Å². The van der Waals surface area contributed by atoms with Crippen LogP contribution in [-0.2, 0) is 4.74 Å². The molecule has 5 heteroatoms. The van der Waals surface area contributed by atoms with E-state index < -0.39 is 5.60 Å². The highest BCUT2D eigenvalue weighted by atomic mass is 16.6. The molecule has 0 bridgehead atoms. The van der Waals surface area contributed by atoms with Crippen LogP contribution in [0.15, 0.2) is 0 Å². The molecule has 3 aliphatic rings. The smallest absolute Gasteiger partial charge is 0.410 e. The summed E-state index contributed by atoms with van der Waals surface area (Å²) in [6.07, 6.45) is 4.52. The molecule has 1 amide bonds. The SMILES string of the molecule is CC(C)(C)OC(=O)N1C[C@H]2CC(N3CCC[C@H]3CO)C[C@H]2C1. The lowest BCUT2D eigenvalue weighted by Gasteiger charge is -2.31. The fraction of sp³-hybridized carbons (Fsp3) is 0.941. The van der Waals surface area contributed by atoms with Crippen molar-refractivity contribution in [2.24, 2.45) is 11.8 Å². The van der Waals surface area contributed by atoms with Crippen LogP contribution in [0, 0.1) is 11.8 Å². The lowest BCUT2D eigenvalue weighted by molar-refractivity contribution is 0.0271. The van der Waals surface area contributed by atoms with Gasteiger partial charge >= 0.3 is 6.09 Å². The average Bonchev–Trinajstić information content (AvgIpc) is 3.09. The minimum atomic E-state index is -0.415. The van der Waals surface area contributed by atoms with Crippen LogP contribution < -0.4 is 0 Å². The van der Waals surface area contributed by atoms with Gasteiger partial charge in [0.1, 0.15) is 5.60 Å². The number of amides is 1. The Balaban J connectivity index is 1.53. The molecule has 1 unspecified atom stereocenters. The first-order valence-corrected chi connectivity index (χ1v) is 8.72. The molecule has 126 valence electrons. The molecule has 2 heterocycles. The number of hydrogen-bond donors (Lipinski definition) is 1. The van der Waals surface area contributed by atoms with Crippen molar-refractivity contribution >= 4 is 6.09 Å². The van der Waals surface area contributed by atoms with Gasteiger partial charge in [-0.2, -0.15) is 0 Å². The maximum absolute atomic E-state index is 12.2. The van der Waals surface area contributed by atoms with Crippen molar-refractivity contribution in [2.45, 2.75) is 64.1 Å². The van der Waals surface area contributed by atoms with E-state index in [1.54, 1.807) is 0 Å². The molecule has 2 aliphatic heterocycles. The standard InChI is InChI=1S/C17H30N2O3/c1-17(2,3)22-16(21)18-9-12-7-15(8-13(12)10-18)19-6-4-5-14(19)11-20/h12-15,20H,4-11H2,1-3H3/t12-,13+,14-,15?/m0/s1. The summed E-state index contributed by atoms with van der Waals surface area (Å²) < 4.78 is 5.49. The second kappa shape index (κ2) is 6.00. The van der Waals surface area contributed by atoms with Gasteiger partial charge in [-0.25, -0.2) is 4.79 Å². The van der Waals surface area contributed by atoms with E-state index in [1.807, 2.05) is 25.7 Å². The molecule has 1 saturated carbocycles. The highest BCUT2D eigenvalue weighted by molar-refractivity contribution is 5.68. The van der Waals surface area contributed by atoms with Crippen molar-refractivity contribution in [3.8, 4) is 0 Å². The maximum Gasteiger partial charge on any atom is 0.410 e. The Bertz CT molecular complexity index is 407. The summed E-state index contributed by atoms with van der Waals surface area (Å²) in [5, 5.41) is 9.51. The number of aliphatic hydroxyl groups is 1. The van der Waals surface area contributed by atoms with Gasteiger partial charge in [-0.05, 0) is 64.8 Å². The second-order valence-electron chi connectivity index (χ2n) is 8.25. The first-order chi connectivity index (χ1) is 10.4. The summed E-state index contributed by atoms with van der Waals surface area (Å²) in [6, 6.07) is 0.973. The van der Waals surface area contributed by atoms with Crippen molar-refractivity contribution in [3.05, 3.63) is 0 Å². The van der Waals surface area contributed by atoms with E-state index >= 15 is 0 Å². The summed E-state index contributed by atoms with van der Waals surface area (Å²) in [5.74, 6) is 1.22. The summed E-state index contributed by atoms with van der Waals surface area (Å²) >= 11 is 0. The lowest BCUT2D eigenvalue weighted by atomic mass is 10.0. The first-order valence-electron chi connectivity index (χ1n) is 8.72. The Hall–Kier alpha value is -0.810. The minimum absolute atomic E-state index is 0.159. The molecule has 0 radical (unpaired) electrons. The molecule has 5 nitrogen and oxygen atoms in total. The Kier molecular flexibility index (Phi) is 4.38. The summed E-state index contributed by atoms with van der Waals surface area (Å²) in [4.78, 5) is 16.6. The zero-order valence-electron chi connectivity index (χ0n) is 14.1. The van der Waals surface area contributed by atoms with Crippen LogP contribution in [0.5, 0.6) is 0 Å². The minimum Gasteiger partial charge on any atom is -0.444 e. The molecule has 0 spiro atoms. The van der Waals surface area contributed by atoms with E-state index in [0.717, 1.165) is 26.1 Å². The van der Waals surface area contributed by atoms with E-state index in [4.69, 9.17) is 4.74 Å². The number of rotatable bonds is 2. The molecule has 2 saturated heterocycles.